The monoisotopic (exact) mass is 642 g/mol. The van der Waals surface area contributed by atoms with Gasteiger partial charge in [-0.05, 0) is 56.5 Å². The van der Waals surface area contributed by atoms with Gasteiger partial charge in [-0.1, -0.05) is 0 Å². The summed E-state index contributed by atoms with van der Waals surface area (Å²) in [6, 6.07) is 3.78. The number of amides is 3. The molecule has 2 aliphatic rings. The molecule has 2 aromatic carbocycles. The molecular weight excluding hydrogens is 609 g/mol. The number of anilines is 1. The highest BCUT2D eigenvalue weighted by Crippen LogP contribution is 2.45. The molecule has 12 nitrogen and oxygen atoms in total. The van der Waals surface area contributed by atoms with Crippen molar-refractivity contribution in [3.8, 4) is 17.2 Å². The van der Waals surface area contributed by atoms with E-state index in [2.05, 4.69) is 20.3 Å². The van der Waals surface area contributed by atoms with E-state index in [1.165, 1.54) is 27.4 Å². The number of Topliss-reactive ketones (excluding diaryl/α,β-unsaturated/α-hetero) is 1. The topological polar surface area (TPSA) is 152 Å². The highest BCUT2D eigenvalue weighted by Gasteiger charge is 2.47. The number of imide groups is 1. The third-order valence-corrected chi connectivity index (χ3v) is 9.08. The molecule has 16 heteroatoms. The summed E-state index contributed by atoms with van der Waals surface area (Å²) >= 11 is 0. The zero-order valence-electron chi connectivity index (χ0n) is 24.3. The maximum atomic E-state index is 13.4. The number of benzene rings is 2. The molecule has 240 valence electrons. The number of likely N-dealkylation sites (tertiary alicyclic amines) is 1. The van der Waals surface area contributed by atoms with E-state index in [1.807, 2.05) is 0 Å². The minimum atomic E-state index is -4.64. The average molecular weight is 643 g/mol. The van der Waals surface area contributed by atoms with Crippen molar-refractivity contribution in [3.63, 3.8) is 0 Å². The third kappa shape index (κ3) is 6.85. The zero-order valence-corrected chi connectivity index (χ0v) is 25.1. The van der Waals surface area contributed by atoms with E-state index in [0.717, 1.165) is 12.1 Å². The van der Waals surface area contributed by atoms with E-state index in [4.69, 9.17) is 14.2 Å². The first-order valence-electron chi connectivity index (χ1n) is 13.7. The number of nitrogens with one attached hydrogen (secondary N) is 3. The molecule has 0 aliphatic carbocycles. The Morgan fingerprint density at radius 1 is 1.00 bits per heavy atom. The second-order valence-corrected chi connectivity index (χ2v) is 12.1. The van der Waals surface area contributed by atoms with E-state index in [1.54, 1.807) is 0 Å². The molecule has 2 aromatic rings. The van der Waals surface area contributed by atoms with Crippen LogP contribution in [0.1, 0.15) is 48.0 Å². The second-order valence-electron chi connectivity index (χ2n) is 10.4. The van der Waals surface area contributed by atoms with Gasteiger partial charge in [0.25, 0.3) is 15.9 Å². The Kier molecular flexibility index (Phi) is 9.63. The van der Waals surface area contributed by atoms with E-state index in [9.17, 15) is 36.0 Å². The number of methoxy groups -OCH3 is 3. The number of halogens is 3. The van der Waals surface area contributed by atoms with Crippen LogP contribution >= 0.6 is 0 Å². The van der Waals surface area contributed by atoms with Crippen LogP contribution in [0.15, 0.2) is 35.2 Å². The van der Waals surface area contributed by atoms with Gasteiger partial charge in [0.2, 0.25) is 0 Å². The normalized spacial score (nSPS) is 16.8. The van der Waals surface area contributed by atoms with Crippen LogP contribution < -0.4 is 29.6 Å². The fraction of sp³-hybridized carbons (Fsp3) is 0.464. The molecule has 0 saturated carbocycles. The van der Waals surface area contributed by atoms with Crippen LogP contribution in [0.5, 0.6) is 17.2 Å². The molecule has 0 aromatic heterocycles. The van der Waals surface area contributed by atoms with Crippen LogP contribution in [0.25, 0.3) is 0 Å². The Bertz CT molecular complexity index is 1520. The molecule has 44 heavy (non-hydrogen) atoms. The zero-order chi connectivity index (χ0) is 32.3. The first-order valence-corrected chi connectivity index (χ1v) is 15.1. The third-order valence-electron chi connectivity index (χ3n) is 7.71. The molecule has 3 N–H and O–H groups in total. The lowest BCUT2D eigenvalue weighted by atomic mass is 9.87. The molecule has 2 saturated heterocycles. The van der Waals surface area contributed by atoms with Crippen LogP contribution in [-0.4, -0.2) is 77.5 Å². The first kappa shape index (κ1) is 32.9. The largest absolute Gasteiger partial charge is 0.496 e. The molecule has 0 unspecified atom stereocenters. The Morgan fingerprint density at radius 2 is 1.64 bits per heavy atom. The maximum absolute atomic E-state index is 13.4. The molecule has 1 spiro atoms. The van der Waals surface area contributed by atoms with Crippen LogP contribution in [-0.2, 0) is 21.0 Å². The number of piperidine rings is 1. The number of ketones is 1. The number of ether oxygens (including phenoxy) is 3. The molecule has 2 fully saturated rings. The molecule has 2 heterocycles. The Labute approximate surface area is 252 Å². The SMILES string of the molecule is COc1cc(OC)c(C(=O)CCCCN2CCC3(CC2)NC(=O)NC3=O)c(OC)c1NS(=O)(=O)c1ccc(C(F)(F)F)cc1. The van der Waals surface area contributed by atoms with Crippen molar-refractivity contribution in [1.82, 2.24) is 15.5 Å². The van der Waals surface area contributed by atoms with Gasteiger partial charge in [0.1, 0.15) is 22.5 Å². The van der Waals surface area contributed by atoms with E-state index >= 15 is 0 Å². The minimum absolute atomic E-state index is 0.0242. The number of alkyl halides is 3. The van der Waals surface area contributed by atoms with E-state index < -0.39 is 38.2 Å². The summed E-state index contributed by atoms with van der Waals surface area (Å²) in [5, 5.41) is 5.00. The number of rotatable bonds is 12. The first-order chi connectivity index (χ1) is 20.7. The van der Waals surface area contributed by atoms with Crippen molar-refractivity contribution >= 4 is 33.4 Å². The molecule has 2 aliphatic heterocycles. The van der Waals surface area contributed by atoms with Gasteiger partial charge in [0.05, 0.1) is 31.8 Å². The van der Waals surface area contributed by atoms with Crippen molar-refractivity contribution in [2.24, 2.45) is 0 Å². The van der Waals surface area contributed by atoms with Crippen molar-refractivity contribution in [1.29, 1.82) is 0 Å². The van der Waals surface area contributed by atoms with Crippen LogP contribution in [0, 0.1) is 0 Å². The predicted molar refractivity (Wildman–Crippen MR) is 152 cm³/mol. The van der Waals surface area contributed by atoms with Crippen molar-refractivity contribution in [2.45, 2.75) is 48.7 Å². The summed E-state index contributed by atoms with van der Waals surface area (Å²) in [5.74, 6) is -0.824. The second kappa shape index (κ2) is 12.9. The number of hydrogen-bond acceptors (Lipinski definition) is 9. The lowest BCUT2D eigenvalue weighted by Crippen LogP contribution is -2.54. The summed E-state index contributed by atoms with van der Waals surface area (Å²) in [6.45, 7) is 1.86. The quantitative estimate of drug-likeness (QED) is 0.179. The van der Waals surface area contributed by atoms with Crippen LogP contribution in [0.4, 0.5) is 23.7 Å². The number of urea groups is 1. The number of nitrogens with zero attached hydrogens (tertiary/aromatic N) is 1. The van der Waals surface area contributed by atoms with Gasteiger partial charge in [0, 0.05) is 25.6 Å². The number of carbonyl (C=O) groups is 3. The van der Waals surface area contributed by atoms with Gasteiger partial charge in [-0.3, -0.25) is 19.6 Å². The Hall–Kier alpha value is -4.05. The number of hydrogen-bond donors (Lipinski definition) is 3. The fourth-order valence-corrected chi connectivity index (χ4v) is 6.37. The number of carbonyl (C=O) groups excluding carboxylic acids is 3. The number of unbranched alkanes of at least 4 members (excludes halogenated alkanes) is 1. The van der Waals surface area contributed by atoms with Crippen molar-refractivity contribution in [3.05, 3.63) is 41.5 Å². The highest BCUT2D eigenvalue weighted by atomic mass is 32.2. The van der Waals surface area contributed by atoms with Crippen molar-refractivity contribution in [2.75, 3.05) is 45.7 Å². The Morgan fingerprint density at radius 3 is 2.16 bits per heavy atom. The molecule has 4 rings (SSSR count). The van der Waals surface area contributed by atoms with E-state index in [0.29, 0.717) is 57.5 Å². The van der Waals surface area contributed by atoms with Gasteiger partial charge in [0.15, 0.2) is 17.3 Å². The van der Waals surface area contributed by atoms with Gasteiger partial charge < -0.3 is 24.4 Å². The Balaban J connectivity index is 1.46. The van der Waals surface area contributed by atoms with Crippen LogP contribution in [0.3, 0.4) is 0 Å². The standard InChI is InChI=1S/C28H33F3N4O8S/c1-41-20-16-21(42-2)23(34-44(39,40)18-9-7-17(8-10-18)28(29,30)31)24(43-3)22(20)19(36)6-4-5-13-35-14-11-27(12-15-35)25(37)32-26(38)33-27/h7-10,16,34H,4-6,11-15H2,1-3H3,(H2,32,33,37,38). The van der Waals surface area contributed by atoms with E-state index in [-0.39, 0.29) is 46.6 Å². The summed E-state index contributed by atoms with van der Waals surface area (Å²) in [4.78, 5) is 38.8. The summed E-state index contributed by atoms with van der Waals surface area (Å²) < 4.78 is 83.7. The van der Waals surface area contributed by atoms with Crippen LogP contribution in [0.2, 0.25) is 0 Å². The molecule has 3 amide bonds. The van der Waals surface area contributed by atoms with Gasteiger partial charge in [-0.2, -0.15) is 13.2 Å². The lowest BCUT2D eigenvalue weighted by Gasteiger charge is -2.36. The minimum Gasteiger partial charge on any atom is -0.496 e. The number of sulfonamides is 1. The summed E-state index contributed by atoms with van der Waals surface area (Å²) in [7, 11) is -0.609. The predicted octanol–water partition coefficient (Wildman–Crippen LogP) is 3.56. The molecule has 0 atom stereocenters. The summed E-state index contributed by atoms with van der Waals surface area (Å²) in [5.41, 5.74) is -2.12. The molecular formula is C28H33F3N4O8S. The van der Waals surface area contributed by atoms with Crippen molar-refractivity contribution < 1.29 is 50.2 Å². The van der Waals surface area contributed by atoms with Gasteiger partial charge >= 0.3 is 12.2 Å². The fourth-order valence-electron chi connectivity index (χ4n) is 5.30. The smallest absolute Gasteiger partial charge is 0.416 e. The highest BCUT2D eigenvalue weighted by molar-refractivity contribution is 7.92. The average Bonchev–Trinajstić information content (AvgIpc) is 3.26. The molecule has 0 radical (unpaired) electrons. The van der Waals surface area contributed by atoms with Gasteiger partial charge in [-0.15, -0.1) is 0 Å². The summed E-state index contributed by atoms with van der Waals surface area (Å²) in [6.07, 6.45) is -2.49. The lowest BCUT2D eigenvalue weighted by molar-refractivity contribution is -0.137. The molecule has 0 bridgehead atoms. The van der Waals surface area contributed by atoms with Gasteiger partial charge in [-0.25, -0.2) is 13.2 Å². The maximum Gasteiger partial charge on any atom is 0.416 e.